The fraction of sp³-hybridized carbons (Fsp3) is 0.360. The minimum absolute atomic E-state index is 0.214. The van der Waals surface area contributed by atoms with Gasteiger partial charge < -0.3 is 29.5 Å². The second-order valence-corrected chi connectivity index (χ2v) is 9.40. The molecule has 11 heteroatoms. The third-order valence-electron chi connectivity index (χ3n) is 5.15. The number of nitrogens with zero attached hydrogens (tertiary/aromatic N) is 2. The molecular weight excluding hydrogens is 488 g/mol. The molecule has 10 nitrogen and oxygen atoms in total. The highest BCUT2D eigenvalue weighted by Gasteiger charge is 2.40. The molecule has 3 rings (SSSR count). The Morgan fingerprint density at radius 1 is 1.06 bits per heavy atom. The molecule has 0 bridgehead atoms. The van der Waals surface area contributed by atoms with Gasteiger partial charge in [0.05, 0.1) is 18.0 Å². The van der Waals surface area contributed by atoms with Gasteiger partial charge in [0.2, 0.25) is 0 Å². The molecule has 0 aliphatic carbocycles. The fourth-order valence-electron chi connectivity index (χ4n) is 3.36. The minimum Gasteiger partial charge on any atom is -0.497 e. The first-order chi connectivity index (χ1) is 16.9. The molecule has 36 heavy (non-hydrogen) atoms. The number of carboxylic acids is 2. The second-order valence-electron chi connectivity index (χ2n) is 8.22. The van der Waals surface area contributed by atoms with Crippen molar-refractivity contribution in [3.05, 3.63) is 53.6 Å². The first-order valence-corrected chi connectivity index (χ1v) is 11.8. The molecule has 2 unspecified atom stereocenters. The lowest BCUT2D eigenvalue weighted by molar-refractivity contribution is -0.159. The Kier molecular flexibility index (Phi) is 10.3. The molecule has 0 aromatic heterocycles. The predicted octanol–water partition coefficient (Wildman–Crippen LogP) is 2.83. The Morgan fingerprint density at radius 2 is 1.67 bits per heavy atom. The van der Waals surface area contributed by atoms with Crippen LogP contribution in [0.1, 0.15) is 23.3 Å². The SMILES string of the molecule is COc1ccc2c(c1)SC(c1ccc(C)cc1)C(OC(C)=O)C(=O)N2CCN(C)C.O=C(O)C(=O)O. The maximum atomic E-state index is 13.6. The van der Waals surface area contributed by atoms with E-state index in [0.717, 1.165) is 27.5 Å². The number of carbonyl (C=O) groups excluding carboxylic acids is 2. The van der Waals surface area contributed by atoms with Crippen LogP contribution in [0.5, 0.6) is 5.75 Å². The Morgan fingerprint density at radius 3 is 2.17 bits per heavy atom. The van der Waals surface area contributed by atoms with Crippen LogP contribution in [0.3, 0.4) is 0 Å². The highest BCUT2D eigenvalue weighted by atomic mass is 32.2. The number of carboxylic acid groups (broad SMARTS) is 2. The number of aliphatic carboxylic acids is 2. The number of thioether (sulfide) groups is 1. The van der Waals surface area contributed by atoms with Gasteiger partial charge in [0.25, 0.3) is 5.91 Å². The number of hydrogen-bond acceptors (Lipinski definition) is 8. The number of fused-ring (bicyclic) bond motifs is 1. The van der Waals surface area contributed by atoms with Gasteiger partial charge in [0.1, 0.15) is 5.75 Å². The lowest BCUT2D eigenvalue weighted by Gasteiger charge is -2.28. The van der Waals surface area contributed by atoms with Gasteiger partial charge in [-0.2, -0.15) is 0 Å². The van der Waals surface area contributed by atoms with Gasteiger partial charge >= 0.3 is 17.9 Å². The number of esters is 1. The molecule has 0 spiro atoms. The molecule has 1 amide bonds. The summed E-state index contributed by atoms with van der Waals surface area (Å²) in [6.07, 6.45) is -0.921. The van der Waals surface area contributed by atoms with Gasteiger partial charge in [-0.25, -0.2) is 9.59 Å². The van der Waals surface area contributed by atoms with Crippen molar-refractivity contribution in [1.29, 1.82) is 0 Å². The largest absolute Gasteiger partial charge is 0.497 e. The molecule has 1 aliphatic rings. The zero-order chi connectivity index (χ0) is 27.0. The van der Waals surface area contributed by atoms with Crippen molar-refractivity contribution in [2.24, 2.45) is 0 Å². The zero-order valence-electron chi connectivity index (χ0n) is 20.8. The summed E-state index contributed by atoms with van der Waals surface area (Å²) >= 11 is 1.52. The standard InChI is InChI=1S/C23H28N2O4S.C2H2O4/c1-15-6-8-17(9-7-15)22-21(29-16(2)26)23(27)25(13-12-24(3)4)19-11-10-18(28-5)14-20(19)30-22;3-1(4)2(5)6/h6-11,14,21-22H,12-13H2,1-5H3;(H,3,4)(H,5,6). The normalized spacial score (nSPS) is 16.8. The van der Waals surface area contributed by atoms with E-state index in [1.807, 2.05) is 68.4 Å². The van der Waals surface area contributed by atoms with E-state index in [0.29, 0.717) is 13.1 Å². The van der Waals surface area contributed by atoms with E-state index in [1.165, 1.54) is 18.7 Å². The number of anilines is 1. The van der Waals surface area contributed by atoms with E-state index in [9.17, 15) is 9.59 Å². The predicted molar refractivity (Wildman–Crippen MR) is 135 cm³/mol. The summed E-state index contributed by atoms with van der Waals surface area (Å²) in [5.74, 6) is -3.61. The maximum absolute atomic E-state index is 13.6. The lowest BCUT2D eigenvalue weighted by atomic mass is 10.0. The van der Waals surface area contributed by atoms with Crippen molar-refractivity contribution in [3.63, 3.8) is 0 Å². The van der Waals surface area contributed by atoms with Gasteiger partial charge in [0, 0.05) is 24.9 Å². The van der Waals surface area contributed by atoms with Crippen LogP contribution < -0.4 is 9.64 Å². The van der Waals surface area contributed by atoms with Gasteiger partial charge in [0.15, 0.2) is 6.10 Å². The number of ether oxygens (including phenoxy) is 2. The Bertz CT molecular complexity index is 1090. The number of aryl methyl sites for hydroxylation is 1. The van der Waals surface area contributed by atoms with Gasteiger partial charge in [-0.15, -0.1) is 11.8 Å². The summed E-state index contributed by atoms with van der Waals surface area (Å²) in [6, 6.07) is 13.7. The topological polar surface area (TPSA) is 134 Å². The number of rotatable bonds is 6. The van der Waals surface area contributed by atoms with E-state index >= 15 is 0 Å². The third kappa shape index (κ3) is 7.72. The first-order valence-electron chi connectivity index (χ1n) is 10.9. The number of likely N-dealkylation sites (N-methyl/N-ethyl adjacent to an activating group) is 1. The zero-order valence-corrected chi connectivity index (χ0v) is 21.6. The fourth-order valence-corrected chi connectivity index (χ4v) is 4.71. The van der Waals surface area contributed by atoms with Crippen LogP contribution in [-0.2, 0) is 23.9 Å². The van der Waals surface area contributed by atoms with Crippen LogP contribution in [0.4, 0.5) is 5.69 Å². The molecule has 2 aromatic carbocycles. The smallest absolute Gasteiger partial charge is 0.414 e. The van der Waals surface area contributed by atoms with Crippen LogP contribution in [0.15, 0.2) is 47.4 Å². The van der Waals surface area contributed by atoms with Crippen molar-refractivity contribution >= 4 is 41.3 Å². The molecule has 1 heterocycles. The molecule has 0 radical (unpaired) electrons. The van der Waals surface area contributed by atoms with Crippen LogP contribution in [0, 0.1) is 6.92 Å². The second kappa shape index (κ2) is 12.9. The Hall–Kier alpha value is -3.57. The third-order valence-corrected chi connectivity index (χ3v) is 6.50. The molecule has 194 valence electrons. The van der Waals surface area contributed by atoms with Gasteiger partial charge in [-0.3, -0.25) is 9.59 Å². The molecule has 1 aliphatic heterocycles. The molecule has 2 atom stereocenters. The van der Waals surface area contributed by atoms with E-state index in [2.05, 4.69) is 0 Å². The van der Waals surface area contributed by atoms with Gasteiger partial charge in [-0.05, 0) is 44.8 Å². The van der Waals surface area contributed by atoms with E-state index in [1.54, 1.807) is 12.0 Å². The molecule has 2 N–H and O–H groups in total. The van der Waals surface area contributed by atoms with Crippen molar-refractivity contribution in [1.82, 2.24) is 4.90 Å². The number of carbonyl (C=O) groups is 4. The first kappa shape index (κ1) is 28.7. The van der Waals surface area contributed by atoms with E-state index in [-0.39, 0.29) is 11.2 Å². The summed E-state index contributed by atoms with van der Waals surface area (Å²) in [5, 5.41) is 14.4. The van der Waals surface area contributed by atoms with Crippen LogP contribution in [-0.4, -0.2) is 79.3 Å². The van der Waals surface area contributed by atoms with Crippen LogP contribution in [0.25, 0.3) is 0 Å². The summed E-state index contributed by atoms with van der Waals surface area (Å²) < 4.78 is 11.0. The minimum atomic E-state index is -1.82. The Balaban J connectivity index is 0.000000678. The number of hydrogen-bond donors (Lipinski definition) is 2. The van der Waals surface area contributed by atoms with Crippen molar-refractivity contribution in [2.45, 2.75) is 30.1 Å². The molecule has 2 aromatic rings. The summed E-state index contributed by atoms with van der Waals surface area (Å²) in [5.41, 5.74) is 2.87. The van der Waals surface area contributed by atoms with Crippen LogP contribution >= 0.6 is 11.8 Å². The number of benzene rings is 2. The highest BCUT2D eigenvalue weighted by Crippen LogP contribution is 2.47. The lowest BCUT2D eigenvalue weighted by Crippen LogP contribution is -2.45. The average molecular weight is 519 g/mol. The average Bonchev–Trinajstić information content (AvgIpc) is 2.92. The number of amides is 1. The van der Waals surface area contributed by atoms with Crippen molar-refractivity contribution < 1.29 is 38.9 Å². The molecule has 0 saturated heterocycles. The summed E-state index contributed by atoms with van der Waals surface area (Å²) in [7, 11) is 5.55. The monoisotopic (exact) mass is 518 g/mol. The van der Waals surface area contributed by atoms with Crippen LogP contribution in [0.2, 0.25) is 0 Å². The van der Waals surface area contributed by atoms with Gasteiger partial charge in [-0.1, -0.05) is 29.8 Å². The van der Waals surface area contributed by atoms with E-state index in [4.69, 9.17) is 29.3 Å². The maximum Gasteiger partial charge on any atom is 0.414 e. The molecular formula is C25H30N2O8S. The Labute approximate surface area is 213 Å². The molecule has 0 fully saturated rings. The van der Waals surface area contributed by atoms with Crippen molar-refractivity contribution in [3.8, 4) is 5.75 Å². The number of methoxy groups -OCH3 is 1. The quantitative estimate of drug-likeness (QED) is 0.434. The van der Waals surface area contributed by atoms with Crippen molar-refractivity contribution in [2.75, 3.05) is 39.2 Å². The molecule has 0 saturated carbocycles. The van der Waals surface area contributed by atoms with E-state index < -0.39 is 24.0 Å². The highest BCUT2D eigenvalue weighted by molar-refractivity contribution is 7.99. The summed E-state index contributed by atoms with van der Waals surface area (Å²) in [4.78, 5) is 48.4. The summed E-state index contributed by atoms with van der Waals surface area (Å²) in [6.45, 7) is 4.53.